The van der Waals surface area contributed by atoms with E-state index in [4.69, 9.17) is 0 Å². The highest BCUT2D eigenvalue weighted by Gasteiger charge is 2.24. The summed E-state index contributed by atoms with van der Waals surface area (Å²) in [6.45, 7) is 8.99. The summed E-state index contributed by atoms with van der Waals surface area (Å²) >= 11 is 1.95. The molecule has 64 valence electrons. The first kappa shape index (κ1) is 8.06. The Bertz CT molecular complexity index is 355. The summed E-state index contributed by atoms with van der Waals surface area (Å²) < 4.78 is 0. The van der Waals surface area contributed by atoms with Gasteiger partial charge in [0.15, 0.2) is 0 Å². The topological polar surface area (TPSA) is 0 Å². The lowest BCUT2D eigenvalue weighted by Crippen LogP contribution is -1.85. The van der Waals surface area contributed by atoms with E-state index in [1.807, 2.05) is 11.3 Å². The molecule has 0 N–H and O–H groups in total. The van der Waals surface area contributed by atoms with Gasteiger partial charge in [0.2, 0.25) is 0 Å². The third-order valence-electron chi connectivity index (χ3n) is 2.92. The smallest absolute Gasteiger partial charge is 0.0192 e. The van der Waals surface area contributed by atoms with Gasteiger partial charge in [-0.1, -0.05) is 12.5 Å². The number of hydrogen-bond acceptors (Lipinski definition) is 1. The Kier molecular flexibility index (Phi) is 1.65. The molecular formula is C11H14S. The Morgan fingerprint density at radius 3 is 2.50 bits per heavy atom. The fraction of sp³-hybridized carbons (Fsp3) is 0.455. The molecule has 0 spiro atoms. The SMILES string of the molecule is CC1=C(C)C(C)c2sc(C)cc21. The zero-order valence-electron chi connectivity index (χ0n) is 8.06. The van der Waals surface area contributed by atoms with E-state index in [-0.39, 0.29) is 0 Å². The Morgan fingerprint density at radius 1 is 1.25 bits per heavy atom. The summed E-state index contributed by atoms with van der Waals surface area (Å²) in [5.41, 5.74) is 4.56. The third-order valence-corrected chi connectivity index (χ3v) is 4.16. The van der Waals surface area contributed by atoms with E-state index in [1.165, 1.54) is 16.0 Å². The van der Waals surface area contributed by atoms with Crippen LogP contribution in [0.1, 0.15) is 42.0 Å². The molecule has 0 amide bonds. The third kappa shape index (κ3) is 0.893. The van der Waals surface area contributed by atoms with Gasteiger partial charge in [0, 0.05) is 15.7 Å². The summed E-state index contributed by atoms with van der Waals surface area (Å²) in [5, 5.41) is 0. The fourth-order valence-electron chi connectivity index (χ4n) is 1.88. The Labute approximate surface area is 77.9 Å². The molecule has 0 saturated carbocycles. The average molecular weight is 178 g/mol. The quantitative estimate of drug-likeness (QED) is 0.564. The first-order valence-electron chi connectivity index (χ1n) is 4.39. The molecule has 2 rings (SSSR count). The highest BCUT2D eigenvalue weighted by Crippen LogP contribution is 2.45. The molecule has 0 aliphatic heterocycles. The van der Waals surface area contributed by atoms with Gasteiger partial charge >= 0.3 is 0 Å². The van der Waals surface area contributed by atoms with Crippen LogP contribution in [0.25, 0.3) is 5.57 Å². The lowest BCUT2D eigenvalue weighted by atomic mass is 10.1. The summed E-state index contributed by atoms with van der Waals surface area (Å²) in [4.78, 5) is 3.02. The molecule has 12 heavy (non-hydrogen) atoms. The minimum Gasteiger partial charge on any atom is -0.144 e. The maximum atomic E-state index is 2.32. The first-order valence-corrected chi connectivity index (χ1v) is 5.21. The van der Waals surface area contributed by atoms with Crippen molar-refractivity contribution in [2.24, 2.45) is 0 Å². The highest BCUT2D eigenvalue weighted by molar-refractivity contribution is 7.12. The van der Waals surface area contributed by atoms with Crippen LogP contribution in [-0.2, 0) is 0 Å². The largest absolute Gasteiger partial charge is 0.144 e. The van der Waals surface area contributed by atoms with Gasteiger partial charge in [-0.25, -0.2) is 0 Å². The predicted octanol–water partition coefficient (Wildman–Crippen LogP) is 3.97. The van der Waals surface area contributed by atoms with Crippen LogP contribution in [0.4, 0.5) is 0 Å². The van der Waals surface area contributed by atoms with Crippen LogP contribution in [-0.4, -0.2) is 0 Å². The number of allylic oxidation sites excluding steroid dienone is 2. The van der Waals surface area contributed by atoms with Crippen molar-refractivity contribution in [2.75, 3.05) is 0 Å². The van der Waals surface area contributed by atoms with Gasteiger partial charge in [0.1, 0.15) is 0 Å². The van der Waals surface area contributed by atoms with Crippen LogP contribution in [0, 0.1) is 6.92 Å². The van der Waals surface area contributed by atoms with E-state index in [1.54, 1.807) is 10.5 Å². The molecule has 0 radical (unpaired) electrons. The predicted molar refractivity (Wildman–Crippen MR) is 55.7 cm³/mol. The van der Waals surface area contributed by atoms with Gasteiger partial charge in [-0.2, -0.15) is 0 Å². The summed E-state index contributed by atoms with van der Waals surface area (Å²) in [6, 6.07) is 2.32. The van der Waals surface area contributed by atoms with E-state index in [0.29, 0.717) is 5.92 Å². The standard InChI is InChI=1S/C11H14S/c1-6-5-10-8(3)7(2)9(4)11(10)12-6/h5,9H,1-4H3. The summed E-state index contributed by atoms with van der Waals surface area (Å²) in [6.07, 6.45) is 0. The molecule has 1 aromatic heterocycles. The minimum absolute atomic E-state index is 0.665. The second-order valence-corrected chi connectivity index (χ2v) is 4.95. The van der Waals surface area contributed by atoms with E-state index in [2.05, 4.69) is 33.8 Å². The van der Waals surface area contributed by atoms with Crippen molar-refractivity contribution < 1.29 is 0 Å². The monoisotopic (exact) mass is 178 g/mol. The van der Waals surface area contributed by atoms with Crippen molar-refractivity contribution in [3.05, 3.63) is 27.0 Å². The van der Waals surface area contributed by atoms with Crippen LogP contribution in [0.3, 0.4) is 0 Å². The van der Waals surface area contributed by atoms with Gasteiger partial charge in [0.05, 0.1) is 0 Å². The Balaban J connectivity index is 2.63. The summed E-state index contributed by atoms with van der Waals surface area (Å²) in [5.74, 6) is 0.665. The number of rotatable bonds is 0. The molecule has 1 aliphatic carbocycles. The molecule has 1 heterocycles. The zero-order chi connectivity index (χ0) is 8.88. The highest BCUT2D eigenvalue weighted by atomic mass is 32.1. The van der Waals surface area contributed by atoms with Gasteiger partial charge in [-0.3, -0.25) is 0 Å². The molecule has 0 bridgehead atoms. The van der Waals surface area contributed by atoms with Crippen LogP contribution in [0.5, 0.6) is 0 Å². The molecule has 1 aromatic rings. The number of thiophene rings is 1. The minimum atomic E-state index is 0.665. The molecule has 1 heteroatoms. The molecule has 0 aromatic carbocycles. The van der Waals surface area contributed by atoms with Crippen molar-refractivity contribution in [1.82, 2.24) is 0 Å². The van der Waals surface area contributed by atoms with E-state index < -0.39 is 0 Å². The van der Waals surface area contributed by atoms with E-state index in [9.17, 15) is 0 Å². The van der Waals surface area contributed by atoms with Crippen molar-refractivity contribution in [2.45, 2.75) is 33.6 Å². The lowest BCUT2D eigenvalue weighted by molar-refractivity contribution is 0.942. The van der Waals surface area contributed by atoms with Gasteiger partial charge in [-0.05, 0) is 38.0 Å². The number of aryl methyl sites for hydroxylation is 1. The van der Waals surface area contributed by atoms with Crippen LogP contribution >= 0.6 is 11.3 Å². The second kappa shape index (κ2) is 2.46. The molecule has 1 atom stereocenters. The van der Waals surface area contributed by atoms with E-state index >= 15 is 0 Å². The normalized spacial score (nSPS) is 21.8. The van der Waals surface area contributed by atoms with Crippen molar-refractivity contribution in [3.8, 4) is 0 Å². The van der Waals surface area contributed by atoms with E-state index in [0.717, 1.165) is 0 Å². The van der Waals surface area contributed by atoms with Crippen LogP contribution in [0.15, 0.2) is 11.6 Å². The Hall–Kier alpha value is -0.560. The van der Waals surface area contributed by atoms with Crippen LogP contribution < -0.4 is 0 Å². The van der Waals surface area contributed by atoms with Crippen molar-refractivity contribution >= 4 is 16.9 Å². The summed E-state index contributed by atoms with van der Waals surface area (Å²) in [7, 11) is 0. The van der Waals surface area contributed by atoms with Crippen molar-refractivity contribution in [3.63, 3.8) is 0 Å². The molecule has 1 aliphatic rings. The molecule has 0 fully saturated rings. The van der Waals surface area contributed by atoms with Gasteiger partial charge in [0.25, 0.3) is 0 Å². The second-order valence-electron chi connectivity index (χ2n) is 3.66. The number of fused-ring (bicyclic) bond motifs is 1. The molecule has 1 unspecified atom stereocenters. The lowest BCUT2D eigenvalue weighted by Gasteiger charge is -2.03. The van der Waals surface area contributed by atoms with Crippen molar-refractivity contribution in [1.29, 1.82) is 0 Å². The Morgan fingerprint density at radius 2 is 1.92 bits per heavy atom. The first-order chi connectivity index (χ1) is 5.61. The number of hydrogen-bond donors (Lipinski definition) is 0. The van der Waals surface area contributed by atoms with Crippen LogP contribution in [0.2, 0.25) is 0 Å². The maximum absolute atomic E-state index is 2.32. The zero-order valence-corrected chi connectivity index (χ0v) is 8.88. The van der Waals surface area contributed by atoms with Gasteiger partial charge in [-0.15, -0.1) is 11.3 Å². The fourth-order valence-corrected chi connectivity index (χ4v) is 3.08. The molecular weight excluding hydrogens is 164 g/mol. The molecule has 0 nitrogen and oxygen atoms in total. The maximum Gasteiger partial charge on any atom is 0.0192 e. The average Bonchev–Trinajstić information content (AvgIpc) is 2.49. The van der Waals surface area contributed by atoms with Gasteiger partial charge < -0.3 is 0 Å². The molecule has 0 saturated heterocycles.